The van der Waals surface area contributed by atoms with Crippen LogP contribution in [0.2, 0.25) is 0 Å². The standard InChI is InChI=1S/C18H39O2PS2/c1-3-5-7-9-11-13-15-17-20-21(19,22)23-18-16-14-12-10-8-6-4-2/h3-18H2,1-2H3,(H,19,22). The Morgan fingerprint density at radius 1 is 0.739 bits per heavy atom. The van der Waals surface area contributed by atoms with Crippen molar-refractivity contribution in [2.24, 2.45) is 0 Å². The van der Waals surface area contributed by atoms with E-state index in [9.17, 15) is 4.57 Å². The van der Waals surface area contributed by atoms with Crippen molar-refractivity contribution >= 4 is 29.4 Å². The van der Waals surface area contributed by atoms with E-state index in [1.807, 2.05) is 0 Å². The highest BCUT2D eigenvalue weighted by Crippen LogP contribution is 2.64. The average molecular weight is 383 g/mol. The molecule has 0 saturated heterocycles. The first-order valence-corrected chi connectivity index (χ1v) is 14.1. The number of hydrogen-bond donors (Lipinski definition) is 1. The molecular formula is C18H39O2PS2. The minimum atomic E-state index is -2.71. The van der Waals surface area contributed by atoms with Crippen LogP contribution in [0, 0.1) is 0 Å². The molecular weight excluding hydrogens is 343 g/mol. The lowest BCUT2D eigenvalue weighted by molar-refractivity contribution is 0.321. The van der Waals surface area contributed by atoms with Crippen molar-refractivity contribution < 1.29 is 9.09 Å². The highest BCUT2D eigenvalue weighted by Gasteiger charge is 2.17. The van der Waals surface area contributed by atoms with Gasteiger partial charge in [0.15, 0.2) is 0 Å². The molecule has 0 rings (SSSR count). The normalized spacial score (nSPS) is 14.0. The Labute approximate surface area is 154 Å². The van der Waals surface area contributed by atoms with Crippen molar-refractivity contribution in [3.05, 3.63) is 0 Å². The summed E-state index contributed by atoms with van der Waals surface area (Å²) in [7, 11) is 0. The smallest absolute Gasteiger partial charge is 0.310 e. The molecule has 1 atom stereocenters. The zero-order valence-electron chi connectivity index (χ0n) is 15.4. The van der Waals surface area contributed by atoms with Gasteiger partial charge < -0.3 is 4.52 Å². The van der Waals surface area contributed by atoms with Crippen LogP contribution in [0.5, 0.6) is 0 Å². The van der Waals surface area contributed by atoms with Crippen LogP contribution in [0.4, 0.5) is 0 Å². The molecule has 140 valence electrons. The minimum absolute atomic E-state index is 0.596. The molecule has 0 aromatic heterocycles. The highest BCUT2D eigenvalue weighted by atomic mass is 33.1. The molecule has 5 heteroatoms. The van der Waals surface area contributed by atoms with E-state index in [0.717, 1.165) is 18.6 Å². The van der Waals surface area contributed by atoms with Gasteiger partial charge in [-0.25, -0.2) is 0 Å². The average Bonchev–Trinajstić information content (AvgIpc) is 2.52. The SMILES string of the molecule is CCCCCCCCCOP(=O)(S)SCCCCCCCCC. The summed E-state index contributed by atoms with van der Waals surface area (Å²) in [5.74, 6) is -1.81. The van der Waals surface area contributed by atoms with Crippen molar-refractivity contribution in [1.82, 2.24) is 0 Å². The van der Waals surface area contributed by atoms with E-state index in [-0.39, 0.29) is 0 Å². The van der Waals surface area contributed by atoms with Crippen LogP contribution < -0.4 is 0 Å². The fourth-order valence-electron chi connectivity index (χ4n) is 2.52. The lowest BCUT2D eigenvalue weighted by Crippen LogP contribution is -1.90. The van der Waals surface area contributed by atoms with Gasteiger partial charge in [-0.1, -0.05) is 115 Å². The Morgan fingerprint density at radius 3 is 1.70 bits per heavy atom. The van der Waals surface area contributed by atoms with Crippen LogP contribution in [-0.2, 0) is 9.09 Å². The van der Waals surface area contributed by atoms with Gasteiger partial charge in [0.25, 0.3) is 0 Å². The summed E-state index contributed by atoms with van der Waals surface area (Å²) >= 11 is 5.64. The Kier molecular flexibility index (Phi) is 18.4. The first-order valence-electron chi connectivity index (χ1n) is 9.74. The molecule has 0 aliphatic rings. The largest absolute Gasteiger partial charge is 0.314 e. The molecule has 0 aromatic carbocycles. The monoisotopic (exact) mass is 382 g/mol. The molecule has 2 nitrogen and oxygen atoms in total. The molecule has 0 spiro atoms. The van der Waals surface area contributed by atoms with Crippen molar-refractivity contribution in [1.29, 1.82) is 0 Å². The molecule has 23 heavy (non-hydrogen) atoms. The molecule has 0 fully saturated rings. The lowest BCUT2D eigenvalue weighted by atomic mass is 10.1. The van der Waals surface area contributed by atoms with Gasteiger partial charge in [-0.2, -0.15) is 0 Å². The second kappa shape index (κ2) is 17.7. The summed E-state index contributed by atoms with van der Waals surface area (Å²) in [5, 5.41) is 0. The molecule has 0 amide bonds. The Balaban J connectivity index is 3.35. The number of hydrogen-bond acceptors (Lipinski definition) is 3. The van der Waals surface area contributed by atoms with Crippen LogP contribution in [0.1, 0.15) is 104 Å². The summed E-state index contributed by atoms with van der Waals surface area (Å²) in [5.41, 5.74) is 0. The number of rotatable bonds is 18. The van der Waals surface area contributed by atoms with E-state index in [0.29, 0.717) is 6.61 Å². The van der Waals surface area contributed by atoms with E-state index in [2.05, 4.69) is 26.1 Å². The van der Waals surface area contributed by atoms with E-state index in [1.54, 1.807) is 0 Å². The van der Waals surface area contributed by atoms with Gasteiger partial charge >= 0.3 is 5.77 Å². The maximum Gasteiger partial charge on any atom is 0.310 e. The molecule has 0 radical (unpaired) electrons. The van der Waals surface area contributed by atoms with Gasteiger partial charge in [-0.3, -0.25) is 4.57 Å². The van der Waals surface area contributed by atoms with Gasteiger partial charge in [0.05, 0.1) is 6.61 Å². The third kappa shape index (κ3) is 19.1. The van der Waals surface area contributed by atoms with Crippen LogP contribution in [-0.4, -0.2) is 12.4 Å². The van der Waals surface area contributed by atoms with Crippen LogP contribution in [0.25, 0.3) is 0 Å². The topological polar surface area (TPSA) is 26.3 Å². The van der Waals surface area contributed by atoms with Crippen molar-refractivity contribution in [2.75, 3.05) is 12.4 Å². The summed E-state index contributed by atoms with van der Waals surface area (Å²) in [6.07, 6.45) is 17.8. The highest BCUT2D eigenvalue weighted by molar-refractivity contribution is 8.84. The maximum absolute atomic E-state index is 12.2. The van der Waals surface area contributed by atoms with Gasteiger partial charge in [0.1, 0.15) is 0 Å². The third-order valence-electron chi connectivity index (χ3n) is 4.00. The van der Waals surface area contributed by atoms with Crippen LogP contribution >= 0.6 is 29.4 Å². The van der Waals surface area contributed by atoms with Crippen molar-refractivity contribution in [2.45, 2.75) is 104 Å². The quantitative estimate of drug-likeness (QED) is 0.147. The molecule has 0 heterocycles. The van der Waals surface area contributed by atoms with Crippen molar-refractivity contribution in [3.8, 4) is 0 Å². The zero-order chi connectivity index (χ0) is 17.2. The first-order chi connectivity index (χ1) is 11.1. The summed E-state index contributed by atoms with van der Waals surface area (Å²) < 4.78 is 17.7. The Bertz CT molecular complexity index is 264. The van der Waals surface area contributed by atoms with Crippen LogP contribution in [0.15, 0.2) is 0 Å². The van der Waals surface area contributed by atoms with E-state index < -0.39 is 5.77 Å². The summed E-state index contributed by atoms with van der Waals surface area (Å²) in [4.78, 5) is 0. The number of thiol groups is 1. The third-order valence-corrected chi connectivity index (χ3v) is 8.54. The first kappa shape index (κ1) is 23.9. The molecule has 0 aromatic rings. The Morgan fingerprint density at radius 2 is 1.17 bits per heavy atom. The summed E-state index contributed by atoms with van der Waals surface area (Å²) in [6.45, 7) is 5.08. The molecule has 0 N–H and O–H groups in total. The fourth-order valence-corrected chi connectivity index (χ4v) is 6.02. The fraction of sp³-hybridized carbons (Fsp3) is 1.00. The Hall–Kier alpha value is 0.890. The zero-order valence-corrected chi connectivity index (χ0v) is 18.0. The molecule has 1 unspecified atom stereocenters. The molecule has 0 bridgehead atoms. The predicted octanol–water partition coefficient (Wildman–Crippen LogP) is 8.28. The van der Waals surface area contributed by atoms with Crippen molar-refractivity contribution in [3.63, 3.8) is 0 Å². The minimum Gasteiger partial charge on any atom is -0.314 e. The second-order valence-electron chi connectivity index (χ2n) is 6.38. The van der Waals surface area contributed by atoms with E-state index in [4.69, 9.17) is 4.52 Å². The summed E-state index contributed by atoms with van der Waals surface area (Å²) in [6, 6.07) is 0. The van der Waals surface area contributed by atoms with Gasteiger partial charge in [-0.15, -0.1) is 0 Å². The molecule has 0 aliphatic carbocycles. The molecule has 0 saturated carbocycles. The predicted molar refractivity (Wildman–Crippen MR) is 111 cm³/mol. The van der Waals surface area contributed by atoms with Gasteiger partial charge in [-0.05, 0) is 12.8 Å². The van der Waals surface area contributed by atoms with Gasteiger partial charge in [0.2, 0.25) is 0 Å². The maximum atomic E-state index is 12.2. The van der Waals surface area contributed by atoms with Gasteiger partial charge in [0, 0.05) is 5.75 Å². The van der Waals surface area contributed by atoms with E-state index >= 15 is 0 Å². The van der Waals surface area contributed by atoms with E-state index in [1.165, 1.54) is 88.4 Å². The lowest BCUT2D eigenvalue weighted by Gasteiger charge is -2.12. The van der Waals surface area contributed by atoms with Crippen LogP contribution in [0.3, 0.4) is 0 Å². The number of unbranched alkanes of at least 4 members (excludes halogenated alkanes) is 12. The molecule has 0 aliphatic heterocycles. The second-order valence-corrected chi connectivity index (χ2v) is 12.8.